The Morgan fingerprint density at radius 3 is 2.25 bits per heavy atom. The van der Waals surface area contributed by atoms with E-state index in [1.54, 1.807) is 17.0 Å². The minimum Gasteiger partial charge on any atom is -0.318 e. The molecular formula is C16H15ClN2O. The third-order valence-corrected chi connectivity index (χ3v) is 3.92. The van der Waals surface area contributed by atoms with Crippen LogP contribution in [-0.2, 0) is 4.79 Å². The molecule has 0 aliphatic carbocycles. The highest BCUT2D eigenvalue weighted by Gasteiger charge is 2.46. The molecule has 2 aromatic rings. The van der Waals surface area contributed by atoms with E-state index in [0.29, 0.717) is 5.02 Å². The van der Waals surface area contributed by atoms with E-state index in [0.717, 1.165) is 11.3 Å². The maximum atomic E-state index is 12.1. The normalized spacial score (nSPS) is 21.8. The minimum absolute atomic E-state index is 0.0575. The fourth-order valence-electron chi connectivity index (χ4n) is 2.52. The topological polar surface area (TPSA) is 46.3 Å². The van der Waals surface area contributed by atoms with Gasteiger partial charge in [0, 0.05) is 10.7 Å². The lowest BCUT2D eigenvalue weighted by atomic mass is 9.88. The molecule has 1 aliphatic rings. The third-order valence-electron chi connectivity index (χ3n) is 3.66. The molecule has 1 fully saturated rings. The number of anilines is 1. The molecule has 0 aromatic heterocycles. The SMILES string of the molecule is Cc1ccc(C2C(N)C(=O)N2c2ccc(Cl)cc2)cc1. The van der Waals surface area contributed by atoms with Crippen LogP contribution in [0.15, 0.2) is 48.5 Å². The Hall–Kier alpha value is -1.84. The number of hydrogen-bond donors (Lipinski definition) is 1. The summed E-state index contributed by atoms with van der Waals surface area (Å²) < 4.78 is 0. The molecule has 3 nitrogen and oxygen atoms in total. The molecule has 0 radical (unpaired) electrons. The van der Waals surface area contributed by atoms with Gasteiger partial charge in [0.25, 0.3) is 0 Å². The van der Waals surface area contributed by atoms with Crippen molar-refractivity contribution in [2.75, 3.05) is 4.90 Å². The van der Waals surface area contributed by atoms with Crippen LogP contribution in [0.2, 0.25) is 5.02 Å². The molecule has 20 heavy (non-hydrogen) atoms. The van der Waals surface area contributed by atoms with E-state index in [-0.39, 0.29) is 11.9 Å². The largest absolute Gasteiger partial charge is 0.318 e. The van der Waals surface area contributed by atoms with Crippen molar-refractivity contribution in [1.29, 1.82) is 0 Å². The van der Waals surface area contributed by atoms with Crippen molar-refractivity contribution in [3.05, 3.63) is 64.7 Å². The van der Waals surface area contributed by atoms with Gasteiger partial charge in [0.05, 0.1) is 6.04 Å². The molecule has 2 aromatic carbocycles. The highest BCUT2D eigenvalue weighted by molar-refractivity contribution is 6.30. The van der Waals surface area contributed by atoms with Crippen LogP contribution < -0.4 is 10.6 Å². The maximum absolute atomic E-state index is 12.1. The Morgan fingerprint density at radius 2 is 1.65 bits per heavy atom. The molecule has 4 heteroatoms. The molecule has 2 atom stereocenters. The Balaban J connectivity index is 1.95. The van der Waals surface area contributed by atoms with Gasteiger partial charge in [0.2, 0.25) is 5.91 Å². The summed E-state index contributed by atoms with van der Waals surface area (Å²) in [5, 5.41) is 0.651. The van der Waals surface area contributed by atoms with Gasteiger partial charge >= 0.3 is 0 Å². The summed E-state index contributed by atoms with van der Waals surface area (Å²) in [5.74, 6) is -0.0575. The van der Waals surface area contributed by atoms with Crippen LogP contribution in [0.25, 0.3) is 0 Å². The monoisotopic (exact) mass is 286 g/mol. The minimum atomic E-state index is -0.478. The highest BCUT2D eigenvalue weighted by Crippen LogP contribution is 2.38. The summed E-state index contributed by atoms with van der Waals surface area (Å²) in [6, 6.07) is 14.8. The van der Waals surface area contributed by atoms with Crippen LogP contribution in [0.1, 0.15) is 17.2 Å². The fourth-order valence-corrected chi connectivity index (χ4v) is 2.65. The predicted octanol–water partition coefficient (Wildman–Crippen LogP) is 3.06. The maximum Gasteiger partial charge on any atom is 0.247 e. The first-order valence-electron chi connectivity index (χ1n) is 6.49. The van der Waals surface area contributed by atoms with Crippen LogP contribution in [0, 0.1) is 6.92 Å². The summed E-state index contributed by atoms with van der Waals surface area (Å²) in [6.07, 6.45) is 0. The van der Waals surface area contributed by atoms with Gasteiger partial charge in [-0.05, 0) is 36.8 Å². The number of amides is 1. The first-order chi connectivity index (χ1) is 9.58. The molecule has 3 rings (SSSR count). The van der Waals surface area contributed by atoms with Gasteiger partial charge in [0.1, 0.15) is 6.04 Å². The summed E-state index contributed by atoms with van der Waals surface area (Å²) in [4.78, 5) is 13.8. The number of rotatable bonds is 2. The van der Waals surface area contributed by atoms with Crippen LogP contribution in [0.3, 0.4) is 0 Å². The van der Waals surface area contributed by atoms with E-state index in [1.165, 1.54) is 5.56 Å². The van der Waals surface area contributed by atoms with E-state index in [1.807, 2.05) is 43.3 Å². The number of aryl methyl sites for hydroxylation is 1. The van der Waals surface area contributed by atoms with Crippen molar-refractivity contribution < 1.29 is 4.79 Å². The second kappa shape index (κ2) is 4.93. The van der Waals surface area contributed by atoms with Crippen molar-refractivity contribution in [1.82, 2.24) is 0 Å². The van der Waals surface area contributed by atoms with Crippen LogP contribution >= 0.6 is 11.6 Å². The van der Waals surface area contributed by atoms with Crippen molar-refractivity contribution in [3.8, 4) is 0 Å². The van der Waals surface area contributed by atoms with Crippen molar-refractivity contribution in [2.45, 2.75) is 19.0 Å². The molecule has 0 saturated carbocycles. The number of nitrogens with two attached hydrogens (primary N) is 1. The zero-order chi connectivity index (χ0) is 14.3. The van der Waals surface area contributed by atoms with Gasteiger partial charge < -0.3 is 10.6 Å². The van der Waals surface area contributed by atoms with Crippen molar-refractivity contribution in [3.63, 3.8) is 0 Å². The first kappa shape index (κ1) is 13.2. The molecule has 1 aliphatic heterocycles. The molecule has 0 bridgehead atoms. The van der Waals surface area contributed by atoms with Gasteiger partial charge in [-0.15, -0.1) is 0 Å². The smallest absolute Gasteiger partial charge is 0.247 e. The van der Waals surface area contributed by atoms with Gasteiger partial charge in [0.15, 0.2) is 0 Å². The summed E-state index contributed by atoms with van der Waals surface area (Å²) in [7, 11) is 0. The highest BCUT2D eigenvalue weighted by atomic mass is 35.5. The average molecular weight is 287 g/mol. The van der Waals surface area contributed by atoms with E-state index in [2.05, 4.69) is 0 Å². The molecule has 1 heterocycles. The molecule has 1 amide bonds. The zero-order valence-electron chi connectivity index (χ0n) is 11.1. The van der Waals surface area contributed by atoms with Gasteiger partial charge in [-0.2, -0.15) is 0 Å². The Bertz CT molecular complexity index is 637. The predicted molar refractivity (Wildman–Crippen MR) is 80.8 cm³/mol. The quantitative estimate of drug-likeness (QED) is 0.863. The average Bonchev–Trinajstić information content (AvgIpc) is 2.46. The van der Waals surface area contributed by atoms with Gasteiger partial charge in [-0.25, -0.2) is 0 Å². The van der Waals surface area contributed by atoms with E-state index >= 15 is 0 Å². The molecule has 2 unspecified atom stereocenters. The Morgan fingerprint density at radius 1 is 1.05 bits per heavy atom. The van der Waals surface area contributed by atoms with Crippen molar-refractivity contribution in [2.24, 2.45) is 5.73 Å². The van der Waals surface area contributed by atoms with Crippen molar-refractivity contribution >= 4 is 23.2 Å². The van der Waals surface area contributed by atoms with E-state index < -0.39 is 6.04 Å². The Labute approximate surface area is 123 Å². The van der Waals surface area contributed by atoms with E-state index in [4.69, 9.17) is 17.3 Å². The van der Waals surface area contributed by atoms with Crippen LogP contribution in [-0.4, -0.2) is 11.9 Å². The zero-order valence-corrected chi connectivity index (χ0v) is 11.8. The van der Waals surface area contributed by atoms with Gasteiger partial charge in [-0.3, -0.25) is 4.79 Å². The number of hydrogen-bond acceptors (Lipinski definition) is 2. The lowest BCUT2D eigenvalue weighted by Gasteiger charge is -2.45. The van der Waals surface area contributed by atoms with Crippen LogP contribution in [0.5, 0.6) is 0 Å². The number of nitrogens with zero attached hydrogens (tertiary/aromatic N) is 1. The second-order valence-corrected chi connectivity index (χ2v) is 5.50. The lowest BCUT2D eigenvalue weighted by molar-refractivity contribution is -0.126. The molecule has 0 spiro atoms. The first-order valence-corrected chi connectivity index (χ1v) is 6.86. The summed E-state index contributed by atoms with van der Waals surface area (Å²) >= 11 is 5.89. The van der Waals surface area contributed by atoms with Gasteiger partial charge in [-0.1, -0.05) is 41.4 Å². The molecule has 1 saturated heterocycles. The summed E-state index contributed by atoms with van der Waals surface area (Å²) in [6.45, 7) is 2.03. The number of benzene rings is 2. The second-order valence-electron chi connectivity index (χ2n) is 5.07. The molecule has 2 N–H and O–H groups in total. The number of carbonyl (C=O) groups is 1. The number of halogens is 1. The Kier molecular flexibility index (Phi) is 3.24. The standard InChI is InChI=1S/C16H15ClN2O/c1-10-2-4-11(5-3-10)15-14(18)16(20)19(15)13-8-6-12(17)7-9-13/h2-9,14-15H,18H2,1H3. The third kappa shape index (κ3) is 2.09. The van der Waals surface area contributed by atoms with Crippen LogP contribution in [0.4, 0.5) is 5.69 Å². The number of β-lactam (4-membered cyclic amide) rings is 1. The lowest BCUT2D eigenvalue weighted by Crippen LogP contribution is -2.63. The molecule has 102 valence electrons. The molecular weight excluding hydrogens is 272 g/mol. The van der Waals surface area contributed by atoms with E-state index in [9.17, 15) is 4.79 Å². The fraction of sp³-hybridized carbons (Fsp3) is 0.188. The summed E-state index contributed by atoms with van der Waals surface area (Å²) in [5.41, 5.74) is 9.04. The number of carbonyl (C=O) groups excluding carboxylic acids is 1.